The van der Waals surface area contributed by atoms with E-state index < -0.39 is 0 Å². The molecule has 2 rings (SSSR count). The van der Waals surface area contributed by atoms with E-state index in [2.05, 4.69) is 11.8 Å². The summed E-state index contributed by atoms with van der Waals surface area (Å²) in [7, 11) is 0. The lowest BCUT2D eigenvalue weighted by molar-refractivity contribution is 0.0727. The highest BCUT2D eigenvalue weighted by Crippen LogP contribution is 2.32. The van der Waals surface area contributed by atoms with Crippen LogP contribution in [0.25, 0.3) is 0 Å². The van der Waals surface area contributed by atoms with Gasteiger partial charge in [0.25, 0.3) is 0 Å². The molecule has 1 saturated heterocycles. The molecule has 0 spiro atoms. The molecule has 6 heteroatoms. The van der Waals surface area contributed by atoms with Gasteiger partial charge in [-0.25, -0.2) is 0 Å². The lowest BCUT2D eigenvalue weighted by atomic mass is 10.1. The molecule has 4 N–H and O–H groups in total. The SMILES string of the molecule is CCSc1cccc(N2CCOCC2CO)c1C(=N)N. The van der Waals surface area contributed by atoms with E-state index in [0.29, 0.717) is 19.8 Å². The van der Waals surface area contributed by atoms with Crippen molar-refractivity contribution in [3.05, 3.63) is 23.8 Å². The lowest BCUT2D eigenvalue weighted by Gasteiger charge is -2.37. The van der Waals surface area contributed by atoms with Crippen LogP contribution < -0.4 is 10.6 Å². The molecule has 110 valence electrons. The molecule has 1 aliphatic heterocycles. The number of hydrogen-bond acceptors (Lipinski definition) is 5. The number of nitrogen functional groups attached to an aromatic ring is 1. The predicted molar refractivity (Wildman–Crippen MR) is 82.9 cm³/mol. The van der Waals surface area contributed by atoms with E-state index in [1.807, 2.05) is 18.2 Å². The van der Waals surface area contributed by atoms with Gasteiger partial charge in [-0.3, -0.25) is 5.41 Å². The van der Waals surface area contributed by atoms with Gasteiger partial charge < -0.3 is 20.5 Å². The molecule has 1 aliphatic rings. The predicted octanol–water partition coefficient (Wildman–Crippen LogP) is 1.28. The molecular weight excluding hydrogens is 274 g/mol. The molecule has 1 atom stereocenters. The molecule has 0 aromatic heterocycles. The summed E-state index contributed by atoms with van der Waals surface area (Å²) >= 11 is 1.68. The quantitative estimate of drug-likeness (QED) is 0.433. The Labute approximate surface area is 123 Å². The van der Waals surface area contributed by atoms with Gasteiger partial charge in [0.2, 0.25) is 0 Å². The summed E-state index contributed by atoms with van der Waals surface area (Å²) in [6.45, 7) is 3.93. The van der Waals surface area contributed by atoms with E-state index in [4.69, 9.17) is 15.9 Å². The first-order valence-electron chi connectivity index (χ1n) is 6.74. The minimum Gasteiger partial charge on any atom is -0.394 e. The number of rotatable bonds is 5. The fraction of sp³-hybridized carbons (Fsp3) is 0.500. The molecule has 1 fully saturated rings. The zero-order chi connectivity index (χ0) is 14.5. The second-order valence-corrected chi connectivity index (χ2v) is 5.91. The number of benzene rings is 1. The first kappa shape index (κ1) is 15.2. The Bertz CT molecular complexity index is 481. The highest BCUT2D eigenvalue weighted by molar-refractivity contribution is 7.99. The lowest BCUT2D eigenvalue weighted by Crippen LogP contribution is -2.48. The van der Waals surface area contributed by atoms with Gasteiger partial charge in [0, 0.05) is 17.1 Å². The van der Waals surface area contributed by atoms with Crippen molar-refractivity contribution in [3.8, 4) is 0 Å². The van der Waals surface area contributed by atoms with Crippen LogP contribution in [0.2, 0.25) is 0 Å². The van der Waals surface area contributed by atoms with E-state index in [1.54, 1.807) is 11.8 Å². The summed E-state index contributed by atoms with van der Waals surface area (Å²) < 4.78 is 5.41. The third-order valence-corrected chi connectivity index (χ3v) is 4.26. The first-order chi connectivity index (χ1) is 9.69. The van der Waals surface area contributed by atoms with Gasteiger partial charge in [-0.15, -0.1) is 11.8 Å². The minimum atomic E-state index is -0.0799. The molecule has 1 unspecified atom stereocenters. The molecule has 1 heterocycles. The van der Waals surface area contributed by atoms with Crippen LogP contribution >= 0.6 is 11.8 Å². The van der Waals surface area contributed by atoms with E-state index in [1.165, 1.54) is 0 Å². The molecule has 0 saturated carbocycles. The largest absolute Gasteiger partial charge is 0.394 e. The maximum atomic E-state index is 9.51. The number of nitrogens with two attached hydrogens (primary N) is 1. The standard InChI is InChI=1S/C14H21N3O2S/c1-2-20-12-5-3-4-11(13(12)14(15)16)17-6-7-19-9-10(17)8-18/h3-5,10,18H,2,6-9H2,1H3,(H3,15,16). The van der Waals surface area contributed by atoms with Crippen molar-refractivity contribution in [2.75, 3.05) is 37.0 Å². The Morgan fingerprint density at radius 3 is 3.05 bits per heavy atom. The number of nitrogens with one attached hydrogen (secondary N) is 1. The van der Waals surface area contributed by atoms with E-state index >= 15 is 0 Å². The summed E-state index contributed by atoms with van der Waals surface area (Å²) in [4.78, 5) is 3.11. The van der Waals surface area contributed by atoms with Crippen LogP contribution in [-0.4, -0.2) is 49.1 Å². The molecule has 0 bridgehead atoms. The van der Waals surface area contributed by atoms with E-state index in [0.717, 1.165) is 21.9 Å². The average Bonchev–Trinajstić information content (AvgIpc) is 2.47. The first-order valence-corrected chi connectivity index (χ1v) is 7.73. The van der Waals surface area contributed by atoms with Crippen molar-refractivity contribution in [1.82, 2.24) is 0 Å². The third kappa shape index (κ3) is 3.08. The number of aliphatic hydroxyl groups excluding tert-OH is 1. The van der Waals surface area contributed by atoms with Crippen molar-refractivity contribution in [3.63, 3.8) is 0 Å². The minimum absolute atomic E-state index is 0.0303. The van der Waals surface area contributed by atoms with Crippen LogP contribution in [0.1, 0.15) is 12.5 Å². The number of anilines is 1. The number of nitrogens with zero attached hydrogens (tertiary/aromatic N) is 1. The fourth-order valence-electron chi connectivity index (χ4n) is 2.43. The fourth-order valence-corrected chi connectivity index (χ4v) is 3.27. The topological polar surface area (TPSA) is 82.6 Å². The van der Waals surface area contributed by atoms with Crippen LogP contribution in [0.5, 0.6) is 0 Å². The molecule has 0 amide bonds. The normalized spacial score (nSPS) is 19.1. The Balaban J connectivity index is 2.43. The molecule has 20 heavy (non-hydrogen) atoms. The molecule has 0 radical (unpaired) electrons. The maximum Gasteiger partial charge on any atom is 0.126 e. The number of amidine groups is 1. The second kappa shape index (κ2) is 6.97. The number of hydrogen-bond donors (Lipinski definition) is 3. The summed E-state index contributed by atoms with van der Waals surface area (Å²) in [5, 5.41) is 17.4. The van der Waals surface area contributed by atoms with Crippen molar-refractivity contribution < 1.29 is 9.84 Å². The Hall–Kier alpha value is -1.24. The zero-order valence-electron chi connectivity index (χ0n) is 11.6. The van der Waals surface area contributed by atoms with Gasteiger partial charge >= 0.3 is 0 Å². The smallest absolute Gasteiger partial charge is 0.126 e. The monoisotopic (exact) mass is 295 g/mol. The van der Waals surface area contributed by atoms with Gasteiger partial charge in [-0.1, -0.05) is 13.0 Å². The number of ether oxygens (including phenoxy) is 1. The highest BCUT2D eigenvalue weighted by atomic mass is 32.2. The van der Waals surface area contributed by atoms with Crippen LogP contribution in [0.4, 0.5) is 5.69 Å². The van der Waals surface area contributed by atoms with Crippen molar-refractivity contribution in [1.29, 1.82) is 5.41 Å². The maximum absolute atomic E-state index is 9.51. The molecule has 1 aromatic rings. The zero-order valence-corrected chi connectivity index (χ0v) is 12.4. The van der Waals surface area contributed by atoms with Crippen molar-refractivity contribution in [2.24, 2.45) is 5.73 Å². The molecule has 1 aromatic carbocycles. The molecular formula is C14H21N3O2S. The average molecular weight is 295 g/mol. The van der Waals surface area contributed by atoms with Gasteiger partial charge in [-0.2, -0.15) is 0 Å². The van der Waals surface area contributed by atoms with Crippen molar-refractivity contribution in [2.45, 2.75) is 17.9 Å². The van der Waals surface area contributed by atoms with Crippen LogP contribution in [0.15, 0.2) is 23.1 Å². The molecule has 5 nitrogen and oxygen atoms in total. The van der Waals surface area contributed by atoms with Gasteiger partial charge in [0.15, 0.2) is 0 Å². The second-order valence-electron chi connectivity index (χ2n) is 4.60. The van der Waals surface area contributed by atoms with Gasteiger partial charge in [0.1, 0.15) is 5.84 Å². The summed E-state index contributed by atoms with van der Waals surface area (Å²) in [5.74, 6) is 0.996. The Morgan fingerprint density at radius 2 is 2.40 bits per heavy atom. The number of morpholine rings is 1. The van der Waals surface area contributed by atoms with Gasteiger partial charge in [-0.05, 0) is 17.9 Å². The third-order valence-electron chi connectivity index (χ3n) is 3.32. The van der Waals surface area contributed by atoms with Crippen molar-refractivity contribution >= 4 is 23.3 Å². The number of aliphatic hydroxyl groups is 1. The number of thioether (sulfide) groups is 1. The van der Waals surface area contributed by atoms with E-state index in [-0.39, 0.29) is 18.5 Å². The van der Waals surface area contributed by atoms with Gasteiger partial charge in [0.05, 0.1) is 31.4 Å². The highest BCUT2D eigenvalue weighted by Gasteiger charge is 2.26. The Morgan fingerprint density at radius 1 is 1.60 bits per heavy atom. The van der Waals surface area contributed by atoms with Crippen LogP contribution in [0.3, 0.4) is 0 Å². The summed E-state index contributed by atoms with van der Waals surface area (Å²) in [5.41, 5.74) is 7.47. The summed E-state index contributed by atoms with van der Waals surface area (Å²) in [6.07, 6.45) is 0. The molecule has 0 aliphatic carbocycles. The Kier molecular flexibility index (Phi) is 5.28. The van der Waals surface area contributed by atoms with Crippen LogP contribution in [0, 0.1) is 5.41 Å². The van der Waals surface area contributed by atoms with E-state index in [9.17, 15) is 5.11 Å². The summed E-state index contributed by atoms with van der Waals surface area (Å²) in [6, 6.07) is 5.85. The van der Waals surface area contributed by atoms with Crippen LogP contribution in [-0.2, 0) is 4.74 Å².